The average molecular weight is 416 g/mol. The fourth-order valence-electron chi connectivity index (χ4n) is 2.65. The van der Waals surface area contributed by atoms with Crippen molar-refractivity contribution in [3.63, 3.8) is 0 Å². The molecule has 0 aliphatic carbocycles. The summed E-state index contributed by atoms with van der Waals surface area (Å²) in [5, 5.41) is 10.5. The van der Waals surface area contributed by atoms with Gasteiger partial charge in [0, 0.05) is 23.3 Å². The van der Waals surface area contributed by atoms with Crippen molar-refractivity contribution < 1.29 is 28.5 Å². The Hall–Kier alpha value is -3.40. The number of hydrogen-bond acceptors (Lipinski definition) is 8. The maximum absolute atomic E-state index is 12.4. The number of thioether (sulfide) groups is 1. The summed E-state index contributed by atoms with van der Waals surface area (Å²) in [6.07, 6.45) is 1.39. The molecule has 0 saturated carbocycles. The van der Waals surface area contributed by atoms with Crippen molar-refractivity contribution in [1.82, 2.24) is 4.90 Å². The Bertz CT molecular complexity index is 1040. The minimum absolute atomic E-state index is 0.0273. The Morgan fingerprint density at radius 2 is 2.07 bits per heavy atom. The van der Waals surface area contributed by atoms with Gasteiger partial charge in [0.15, 0.2) is 0 Å². The number of nitrogens with zero attached hydrogens (tertiary/aromatic N) is 2. The fraction of sp³-hybridized carbons (Fsp3) is 0.211. The van der Waals surface area contributed by atoms with Gasteiger partial charge in [-0.1, -0.05) is 12.1 Å². The third-order valence-corrected chi connectivity index (χ3v) is 4.96. The fourth-order valence-corrected chi connectivity index (χ4v) is 3.46. The predicted octanol–water partition coefficient (Wildman–Crippen LogP) is 3.76. The van der Waals surface area contributed by atoms with Crippen molar-refractivity contribution in [2.75, 3.05) is 13.2 Å². The minimum atomic E-state index is -0.669. The molecular formula is C19H16N2O7S. The highest BCUT2D eigenvalue weighted by Crippen LogP contribution is 2.34. The summed E-state index contributed by atoms with van der Waals surface area (Å²) in [7, 11) is 0. The first kappa shape index (κ1) is 20.3. The SMILES string of the molecule is CCOC(=O)CN1C(=O)S/C(=C/c2ccc(-c3ccc(C)c([N+](=O)[O-])c3)o2)C1=O. The van der Waals surface area contributed by atoms with Gasteiger partial charge in [0.05, 0.1) is 16.4 Å². The van der Waals surface area contributed by atoms with E-state index in [9.17, 15) is 24.5 Å². The van der Waals surface area contributed by atoms with Gasteiger partial charge in [-0.05, 0) is 37.7 Å². The first-order valence-electron chi connectivity index (χ1n) is 8.56. The summed E-state index contributed by atoms with van der Waals surface area (Å²) in [4.78, 5) is 47.5. The third kappa shape index (κ3) is 4.37. The molecule has 2 amide bonds. The largest absolute Gasteiger partial charge is 0.465 e. The average Bonchev–Trinajstić information content (AvgIpc) is 3.23. The molecule has 0 radical (unpaired) electrons. The molecule has 9 nitrogen and oxygen atoms in total. The smallest absolute Gasteiger partial charge is 0.326 e. The van der Waals surface area contributed by atoms with Crippen molar-refractivity contribution in [2.45, 2.75) is 13.8 Å². The van der Waals surface area contributed by atoms with E-state index >= 15 is 0 Å². The number of esters is 1. The summed E-state index contributed by atoms with van der Waals surface area (Å²) in [5.74, 6) is -0.607. The summed E-state index contributed by atoms with van der Waals surface area (Å²) in [6.45, 7) is 2.97. The lowest BCUT2D eigenvalue weighted by Gasteiger charge is -2.10. The number of nitro groups is 1. The van der Waals surface area contributed by atoms with Crippen molar-refractivity contribution in [3.05, 3.63) is 56.7 Å². The zero-order valence-electron chi connectivity index (χ0n) is 15.5. The van der Waals surface area contributed by atoms with Crippen LogP contribution in [0, 0.1) is 17.0 Å². The standard InChI is InChI=1S/C19H16N2O7S/c1-3-27-17(22)10-20-18(23)16(29-19(20)24)9-13-6-7-15(28-13)12-5-4-11(2)14(8-12)21(25)26/h4-9H,3,10H2,1-2H3/b16-9+. The molecule has 3 rings (SSSR count). The molecule has 2 aromatic rings. The quantitative estimate of drug-likeness (QED) is 0.302. The number of rotatable bonds is 6. The van der Waals surface area contributed by atoms with Crippen LogP contribution in [0.5, 0.6) is 0 Å². The highest BCUT2D eigenvalue weighted by molar-refractivity contribution is 8.18. The lowest BCUT2D eigenvalue weighted by atomic mass is 10.1. The first-order valence-corrected chi connectivity index (χ1v) is 9.38. The maximum atomic E-state index is 12.4. The van der Waals surface area contributed by atoms with E-state index < -0.39 is 28.6 Å². The van der Waals surface area contributed by atoms with Crippen molar-refractivity contribution >= 4 is 40.6 Å². The molecule has 0 unspecified atom stereocenters. The Balaban J connectivity index is 1.81. The van der Waals surface area contributed by atoms with Gasteiger partial charge < -0.3 is 9.15 Å². The Morgan fingerprint density at radius 1 is 1.31 bits per heavy atom. The van der Waals surface area contributed by atoms with E-state index in [-0.39, 0.29) is 17.2 Å². The summed E-state index contributed by atoms with van der Waals surface area (Å²) >= 11 is 0.692. The second kappa shape index (κ2) is 8.31. The molecule has 0 atom stereocenters. The van der Waals surface area contributed by atoms with E-state index in [0.29, 0.717) is 34.4 Å². The summed E-state index contributed by atoms with van der Waals surface area (Å²) < 4.78 is 10.4. The second-order valence-corrected chi connectivity index (χ2v) is 7.03. The van der Waals surface area contributed by atoms with Crippen LogP contribution >= 0.6 is 11.8 Å². The number of nitro benzene ring substituents is 1. The number of imide groups is 1. The zero-order valence-corrected chi connectivity index (χ0v) is 16.4. The minimum Gasteiger partial charge on any atom is -0.465 e. The Morgan fingerprint density at radius 3 is 2.76 bits per heavy atom. The molecule has 1 aromatic carbocycles. The van der Waals surface area contributed by atoms with Crippen molar-refractivity contribution in [1.29, 1.82) is 0 Å². The highest BCUT2D eigenvalue weighted by atomic mass is 32.2. The lowest BCUT2D eigenvalue weighted by molar-refractivity contribution is -0.385. The predicted molar refractivity (Wildman–Crippen MR) is 105 cm³/mol. The number of aryl methyl sites for hydroxylation is 1. The number of amides is 2. The van der Waals surface area contributed by atoms with Crippen LogP contribution in [-0.4, -0.2) is 40.1 Å². The van der Waals surface area contributed by atoms with Crippen LogP contribution in [0.3, 0.4) is 0 Å². The van der Waals surface area contributed by atoms with E-state index in [4.69, 9.17) is 9.15 Å². The van der Waals surface area contributed by atoms with Crippen LogP contribution in [0.25, 0.3) is 17.4 Å². The van der Waals surface area contributed by atoms with Gasteiger partial charge >= 0.3 is 5.97 Å². The number of carbonyl (C=O) groups is 3. The number of furan rings is 1. The molecule has 1 fully saturated rings. The van der Waals surface area contributed by atoms with Gasteiger partial charge in [0.2, 0.25) is 0 Å². The molecule has 1 aliphatic rings. The molecule has 0 bridgehead atoms. The Kier molecular flexibility index (Phi) is 5.83. The summed E-state index contributed by atoms with van der Waals surface area (Å²) in [5.41, 5.74) is 1.01. The van der Waals surface area contributed by atoms with Crippen molar-refractivity contribution in [2.24, 2.45) is 0 Å². The molecule has 1 saturated heterocycles. The van der Waals surface area contributed by atoms with Gasteiger partial charge in [0.1, 0.15) is 18.1 Å². The molecule has 150 valence electrons. The molecule has 2 heterocycles. The van der Waals surface area contributed by atoms with Crippen molar-refractivity contribution in [3.8, 4) is 11.3 Å². The number of carbonyl (C=O) groups excluding carboxylic acids is 3. The van der Waals surface area contributed by atoms with Gasteiger partial charge in [-0.2, -0.15) is 0 Å². The van der Waals surface area contributed by atoms with Crippen LogP contribution < -0.4 is 0 Å². The van der Waals surface area contributed by atoms with E-state index in [1.807, 2.05) is 0 Å². The maximum Gasteiger partial charge on any atom is 0.326 e. The Labute approximate surface area is 169 Å². The molecular weight excluding hydrogens is 400 g/mol. The van der Waals surface area contributed by atoms with Gasteiger partial charge in [-0.3, -0.25) is 29.4 Å². The van der Waals surface area contributed by atoms with Gasteiger partial charge in [-0.15, -0.1) is 0 Å². The number of benzene rings is 1. The highest BCUT2D eigenvalue weighted by Gasteiger charge is 2.36. The van der Waals surface area contributed by atoms with Crippen LogP contribution in [0.15, 0.2) is 39.7 Å². The van der Waals surface area contributed by atoms with E-state index in [0.717, 1.165) is 4.90 Å². The lowest BCUT2D eigenvalue weighted by Crippen LogP contribution is -2.34. The van der Waals surface area contributed by atoms with Crippen LogP contribution in [0.4, 0.5) is 10.5 Å². The topological polar surface area (TPSA) is 120 Å². The molecule has 29 heavy (non-hydrogen) atoms. The summed E-state index contributed by atoms with van der Waals surface area (Å²) in [6, 6.07) is 7.92. The second-order valence-electron chi connectivity index (χ2n) is 6.03. The molecule has 0 N–H and O–H groups in total. The number of hydrogen-bond donors (Lipinski definition) is 0. The number of ether oxygens (including phenoxy) is 1. The van der Waals surface area contributed by atoms with Gasteiger partial charge in [0.25, 0.3) is 16.8 Å². The molecule has 0 spiro atoms. The van der Waals surface area contributed by atoms with Crippen LogP contribution in [0.1, 0.15) is 18.2 Å². The van der Waals surface area contributed by atoms with Crippen LogP contribution in [0.2, 0.25) is 0 Å². The monoisotopic (exact) mass is 416 g/mol. The molecule has 1 aromatic heterocycles. The van der Waals surface area contributed by atoms with E-state index in [1.165, 1.54) is 12.1 Å². The third-order valence-electron chi connectivity index (χ3n) is 4.06. The van der Waals surface area contributed by atoms with Gasteiger partial charge in [-0.25, -0.2) is 0 Å². The van der Waals surface area contributed by atoms with E-state index in [1.54, 1.807) is 38.1 Å². The van der Waals surface area contributed by atoms with Crippen LogP contribution in [-0.2, 0) is 14.3 Å². The zero-order chi connectivity index (χ0) is 21.1. The first-order chi connectivity index (χ1) is 13.8. The molecule has 1 aliphatic heterocycles. The molecule has 10 heteroatoms. The normalized spacial score (nSPS) is 15.2. The van der Waals surface area contributed by atoms with E-state index in [2.05, 4.69) is 0 Å².